The molecule has 0 amide bonds. The number of fused-ring (bicyclic) bond motifs is 1. The molecule has 0 aliphatic heterocycles. The number of nitrogens with one attached hydrogen (secondary N) is 2. The summed E-state index contributed by atoms with van der Waals surface area (Å²) in [5.41, 5.74) is 11.1. The molecule has 0 atom stereocenters. The minimum Gasteiger partial charge on any atom is -0.475 e. The minimum atomic E-state index is -5.08. The van der Waals surface area contributed by atoms with Crippen LogP contribution >= 0.6 is 0 Å². The molecule has 0 bridgehead atoms. The van der Waals surface area contributed by atoms with Crippen molar-refractivity contribution in [1.82, 2.24) is 20.4 Å². The predicted molar refractivity (Wildman–Crippen MR) is 163 cm³/mol. The normalized spacial score (nSPS) is 11.3. The van der Waals surface area contributed by atoms with Crippen LogP contribution in [0.5, 0.6) is 0 Å². The number of benzene rings is 4. The van der Waals surface area contributed by atoms with Gasteiger partial charge in [0.25, 0.3) is 0 Å². The Morgan fingerprint density at radius 3 is 2.00 bits per heavy atom. The van der Waals surface area contributed by atoms with E-state index in [-0.39, 0.29) is 0 Å². The summed E-state index contributed by atoms with van der Waals surface area (Å²) in [6, 6.07) is 33.9. The summed E-state index contributed by atoms with van der Waals surface area (Å²) in [5, 5.41) is 14.8. The number of aromatic nitrogens is 3. The number of rotatable bonds is 7. The third-order valence-electron chi connectivity index (χ3n) is 6.94. The standard InChI is InChI=1S/C32H28N4O.C2HF3O2/c1-21-31(22(2)37-36-21)27-12-6-9-24(17-27)20-33-19-23-8-5-10-25(16-23)26-11-7-13-28(18-26)32-34-29-14-3-4-15-30(29)35-32;3-2(4,5)1(6)7/h3-18,33H,19-20H2,1-2H3,(H,34,35);(H,6,7). The average molecular weight is 599 g/mol. The van der Waals surface area contributed by atoms with Gasteiger partial charge >= 0.3 is 12.1 Å². The van der Waals surface area contributed by atoms with Gasteiger partial charge in [0.05, 0.1) is 16.7 Å². The van der Waals surface area contributed by atoms with Crippen LogP contribution in [0, 0.1) is 13.8 Å². The summed E-state index contributed by atoms with van der Waals surface area (Å²) in [4.78, 5) is 17.1. The second kappa shape index (κ2) is 13.0. The molecule has 10 heteroatoms. The maximum absolute atomic E-state index is 10.6. The second-order valence-corrected chi connectivity index (χ2v) is 10.2. The number of carboxylic acids is 1. The van der Waals surface area contributed by atoms with Crippen LogP contribution < -0.4 is 5.32 Å². The lowest BCUT2D eigenvalue weighted by Gasteiger charge is -2.10. The van der Waals surface area contributed by atoms with Gasteiger partial charge in [-0.2, -0.15) is 13.2 Å². The molecule has 0 radical (unpaired) electrons. The lowest BCUT2D eigenvalue weighted by molar-refractivity contribution is -0.192. The number of halogens is 3. The Morgan fingerprint density at radius 2 is 1.39 bits per heavy atom. The van der Waals surface area contributed by atoms with Crippen molar-refractivity contribution in [2.24, 2.45) is 0 Å². The fourth-order valence-corrected chi connectivity index (χ4v) is 4.88. The van der Waals surface area contributed by atoms with Crippen molar-refractivity contribution >= 4 is 17.0 Å². The minimum absolute atomic E-state index is 0.781. The number of aliphatic carboxylic acids is 1. The van der Waals surface area contributed by atoms with Crippen LogP contribution in [0.25, 0.3) is 44.7 Å². The van der Waals surface area contributed by atoms with E-state index in [1.807, 2.05) is 32.0 Å². The quantitative estimate of drug-likeness (QED) is 0.172. The number of aromatic amines is 1. The first kappa shape index (κ1) is 30.2. The molecule has 0 spiro atoms. The number of hydrogen-bond acceptors (Lipinski definition) is 5. The van der Waals surface area contributed by atoms with Crippen molar-refractivity contribution in [2.45, 2.75) is 33.1 Å². The van der Waals surface area contributed by atoms with Crippen molar-refractivity contribution < 1.29 is 27.6 Å². The Kier molecular flexibility index (Phi) is 8.91. The second-order valence-electron chi connectivity index (χ2n) is 10.2. The molecule has 6 rings (SSSR count). The van der Waals surface area contributed by atoms with Crippen molar-refractivity contribution in [3.8, 4) is 33.6 Å². The van der Waals surface area contributed by atoms with Crippen LogP contribution in [-0.4, -0.2) is 32.4 Å². The number of para-hydroxylation sites is 2. The molecule has 0 fully saturated rings. The zero-order chi connectivity index (χ0) is 31.3. The van der Waals surface area contributed by atoms with Gasteiger partial charge in [0.2, 0.25) is 0 Å². The molecule has 2 heterocycles. The molecular formula is C34H29F3N4O3. The van der Waals surface area contributed by atoms with Crippen LogP contribution in [0.3, 0.4) is 0 Å². The van der Waals surface area contributed by atoms with Gasteiger partial charge in [0, 0.05) is 24.2 Å². The molecule has 224 valence electrons. The largest absolute Gasteiger partial charge is 0.490 e. The zero-order valence-corrected chi connectivity index (χ0v) is 23.9. The van der Waals surface area contributed by atoms with Gasteiger partial charge in [0.1, 0.15) is 11.6 Å². The van der Waals surface area contributed by atoms with Crippen LogP contribution in [0.4, 0.5) is 13.2 Å². The summed E-state index contributed by atoms with van der Waals surface area (Å²) >= 11 is 0. The van der Waals surface area contributed by atoms with Crippen molar-refractivity contribution in [2.75, 3.05) is 0 Å². The predicted octanol–water partition coefficient (Wildman–Crippen LogP) is 8.09. The van der Waals surface area contributed by atoms with Crippen molar-refractivity contribution in [3.05, 3.63) is 120 Å². The Morgan fingerprint density at radius 1 is 0.818 bits per heavy atom. The third-order valence-corrected chi connectivity index (χ3v) is 6.94. The molecule has 0 saturated carbocycles. The lowest BCUT2D eigenvalue weighted by Crippen LogP contribution is -2.21. The molecule has 7 nitrogen and oxygen atoms in total. The molecular weight excluding hydrogens is 569 g/mol. The Balaban J connectivity index is 0.000000493. The van der Waals surface area contributed by atoms with E-state index in [2.05, 4.69) is 94.3 Å². The highest BCUT2D eigenvalue weighted by molar-refractivity contribution is 5.80. The van der Waals surface area contributed by atoms with E-state index < -0.39 is 12.1 Å². The number of nitrogens with zero attached hydrogens (tertiary/aromatic N) is 2. The number of alkyl halides is 3. The van der Waals surface area contributed by atoms with Gasteiger partial charge in [-0.3, -0.25) is 0 Å². The third kappa shape index (κ3) is 7.22. The highest BCUT2D eigenvalue weighted by Crippen LogP contribution is 2.28. The lowest BCUT2D eigenvalue weighted by atomic mass is 10.0. The Labute approximate surface area is 251 Å². The first-order valence-electron chi connectivity index (χ1n) is 13.8. The molecule has 44 heavy (non-hydrogen) atoms. The molecule has 2 aromatic heterocycles. The molecule has 6 aromatic rings. The highest BCUT2D eigenvalue weighted by atomic mass is 19.4. The van der Waals surface area contributed by atoms with E-state index in [1.54, 1.807) is 0 Å². The number of carboxylic acid groups (broad SMARTS) is 1. The maximum atomic E-state index is 10.6. The van der Waals surface area contributed by atoms with E-state index in [0.717, 1.165) is 58.1 Å². The number of hydrogen-bond donors (Lipinski definition) is 3. The van der Waals surface area contributed by atoms with Gasteiger partial charge in [0.15, 0.2) is 0 Å². The monoisotopic (exact) mass is 598 g/mol. The first-order chi connectivity index (χ1) is 21.1. The van der Waals surface area contributed by atoms with Gasteiger partial charge in [-0.1, -0.05) is 71.9 Å². The van der Waals surface area contributed by atoms with Gasteiger partial charge in [-0.25, -0.2) is 9.78 Å². The summed E-state index contributed by atoms with van der Waals surface area (Å²) in [6.07, 6.45) is -5.08. The zero-order valence-electron chi connectivity index (χ0n) is 23.9. The highest BCUT2D eigenvalue weighted by Gasteiger charge is 2.38. The van der Waals surface area contributed by atoms with E-state index in [4.69, 9.17) is 19.4 Å². The van der Waals surface area contributed by atoms with E-state index in [0.29, 0.717) is 0 Å². The molecule has 0 saturated heterocycles. The summed E-state index contributed by atoms with van der Waals surface area (Å²) < 4.78 is 37.1. The fraction of sp³-hybridized carbons (Fsp3) is 0.147. The molecule has 4 aromatic carbocycles. The van der Waals surface area contributed by atoms with Gasteiger partial charge in [-0.15, -0.1) is 0 Å². The van der Waals surface area contributed by atoms with Crippen LogP contribution in [0.15, 0.2) is 102 Å². The smallest absolute Gasteiger partial charge is 0.475 e. The van der Waals surface area contributed by atoms with Crippen molar-refractivity contribution in [3.63, 3.8) is 0 Å². The van der Waals surface area contributed by atoms with Crippen LogP contribution in [0.1, 0.15) is 22.6 Å². The van der Waals surface area contributed by atoms with E-state index >= 15 is 0 Å². The summed E-state index contributed by atoms with van der Waals surface area (Å²) in [7, 11) is 0. The summed E-state index contributed by atoms with van der Waals surface area (Å²) in [5.74, 6) is -1.02. The van der Waals surface area contributed by atoms with E-state index in [9.17, 15) is 13.2 Å². The van der Waals surface area contributed by atoms with E-state index in [1.165, 1.54) is 22.3 Å². The maximum Gasteiger partial charge on any atom is 0.490 e. The number of carbonyl (C=O) groups is 1. The molecule has 0 aliphatic rings. The SMILES string of the molecule is Cc1noc(C)c1-c1cccc(CNCc2cccc(-c3cccc(-c4nc5ccccc5[nH]4)c3)c2)c1.O=C(O)C(F)(F)F. The number of H-pyrrole nitrogens is 1. The molecule has 3 N–H and O–H groups in total. The van der Waals surface area contributed by atoms with Gasteiger partial charge < -0.3 is 19.9 Å². The number of imidazole rings is 1. The Bertz CT molecular complexity index is 1860. The average Bonchev–Trinajstić information content (AvgIpc) is 3.60. The number of aryl methyl sites for hydroxylation is 2. The topological polar surface area (TPSA) is 104 Å². The fourth-order valence-electron chi connectivity index (χ4n) is 4.88. The molecule has 0 unspecified atom stereocenters. The van der Waals surface area contributed by atoms with Gasteiger partial charge in [-0.05, 0) is 72.0 Å². The Hall–Kier alpha value is -5.22. The van der Waals surface area contributed by atoms with Crippen LogP contribution in [-0.2, 0) is 17.9 Å². The first-order valence-corrected chi connectivity index (χ1v) is 13.8. The summed E-state index contributed by atoms with van der Waals surface area (Å²) in [6.45, 7) is 5.51. The van der Waals surface area contributed by atoms with Crippen LogP contribution in [0.2, 0.25) is 0 Å². The molecule has 0 aliphatic carbocycles. The van der Waals surface area contributed by atoms with Crippen molar-refractivity contribution in [1.29, 1.82) is 0 Å².